The molecule has 0 saturated carbocycles. The Morgan fingerprint density at radius 1 is 0.532 bits per heavy atom. The highest BCUT2D eigenvalue weighted by Gasteiger charge is 2.39. The number of nitrogens with two attached hydrogens (primary N) is 2. The molecule has 11 amide bonds. The maximum Gasteiger partial charge on any atom is 0.326 e. The van der Waals surface area contributed by atoms with Crippen molar-refractivity contribution in [3.05, 3.63) is 71.9 Å². The number of H-pyrrole nitrogens is 1. The van der Waals surface area contributed by atoms with E-state index in [0.717, 1.165) is 0 Å². The molecule has 30 heteroatoms. The summed E-state index contributed by atoms with van der Waals surface area (Å²) < 4.78 is 0. The second kappa shape index (κ2) is 40.5. The Morgan fingerprint density at radius 2 is 0.957 bits per heavy atom. The summed E-state index contributed by atoms with van der Waals surface area (Å²) in [4.78, 5) is 169. The van der Waals surface area contributed by atoms with E-state index in [0.29, 0.717) is 27.8 Å². The number of primary amides is 1. The number of benzene rings is 2. The van der Waals surface area contributed by atoms with E-state index in [1.54, 1.807) is 94.7 Å². The van der Waals surface area contributed by atoms with E-state index < -0.39 is 169 Å². The fourth-order valence-electron chi connectivity index (χ4n) is 10.0. The van der Waals surface area contributed by atoms with Crippen molar-refractivity contribution in [2.24, 2.45) is 35.1 Å². The summed E-state index contributed by atoms with van der Waals surface area (Å²) >= 11 is 5.64. The normalized spacial score (nSPS) is 15.6. The van der Waals surface area contributed by atoms with E-state index in [4.69, 9.17) is 11.5 Å². The number of rotatable bonds is 42. The standard InChI is InChI=1S/C64H99N13O15S2/c1-11-36(8)52(62(89)77-53(37(9)79)63(90)69-43(21-22-51(66)80)55(82)75-50(32-93)61(88)72-47(28-38-17-13-12-14-18-38)59(86)74-49(64(91)92)27-35(6)7)76-60(87)48(29-39-30-67-42-20-16-15-19-40(39)42)73-56(83)44(23-24-94-10)68-57(84)46(26-34(4)5)71-58(85)45(25-33(2)3)70-54(81)41(65)31-78/h12-20,30,33-37,41,43-50,52-53,67,78-79,93H,11,21-29,31-32,65H2,1-10H3,(H2,66,80)(H,68,84)(H,69,90)(H,70,81)(H,71,85)(H,72,88)(H,73,83)(H,74,86)(H,75,82)(H,76,87)(H,77,89)(H,91,92)/t36-,37+,41-,43-,44-,45-,46-,47-,48-,49-,50-,52-,53-/m0/s1. The van der Waals surface area contributed by atoms with Gasteiger partial charge < -0.3 is 84.9 Å². The number of para-hydroxylation sites is 1. The maximum atomic E-state index is 14.9. The molecular weight excluding hydrogens is 1250 g/mol. The topological polar surface area (TPSA) is 454 Å². The fraction of sp³-hybridized carbons (Fsp3) is 0.594. The van der Waals surface area contributed by atoms with Gasteiger partial charge in [0.15, 0.2) is 0 Å². The number of amides is 11. The van der Waals surface area contributed by atoms with Crippen molar-refractivity contribution in [2.45, 2.75) is 193 Å². The van der Waals surface area contributed by atoms with Crippen molar-refractivity contribution in [3.63, 3.8) is 0 Å². The first-order valence-corrected chi connectivity index (χ1v) is 33.6. The Bertz CT molecular complexity index is 3020. The van der Waals surface area contributed by atoms with Gasteiger partial charge in [0.25, 0.3) is 0 Å². The molecule has 0 fully saturated rings. The Labute approximate surface area is 558 Å². The molecular formula is C64H99N13O15S2. The van der Waals surface area contributed by atoms with Gasteiger partial charge in [-0.15, -0.1) is 0 Å². The summed E-state index contributed by atoms with van der Waals surface area (Å²) in [5.41, 5.74) is 13.1. The van der Waals surface area contributed by atoms with Crippen molar-refractivity contribution in [1.29, 1.82) is 0 Å². The molecule has 522 valence electrons. The highest BCUT2D eigenvalue weighted by molar-refractivity contribution is 7.98. The highest BCUT2D eigenvalue weighted by Crippen LogP contribution is 2.21. The van der Waals surface area contributed by atoms with Gasteiger partial charge in [-0.05, 0) is 91.9 Å². The molecule has 0 aliphatic carbocycles. The van der Waals surface area contributed by atoms with E-state index in [2.05, 4.69) is 70.8 Å². The van der Waals surface area contributed by atoms with Crippen molar-refractivity contribution in [1.82, 2.24) is 58.2 Å². The van der Waals surface area contributed by atoms with Gasteiger partial charge in [0.05, 0.1) is 12.7 Å². The van der Waals surface area contributed by atoms with E-state index in [1.807, 2.05) is 27.7 Å². The number of carbonyl (C=O) groups is 12. The molecule has 3 rings (SSSR count). The number of carboxylic acid groups (broad SMARTS) is 1. The summed E-state index contributed by atoms with van der Waals surface area (Å²) in [5.74, 6) is -12.1. The third kappa shape index (κ3) is 26.9. The lowest BCUT2D eigenvalue weighted by Gasteiger charge is -2.30. The molecule has 2 aromatic carbocycles. The quantitative estimate of drug-likeness (QED) is 0.0324. The van der Waals surface area contributed by atoms with Crippen molar-refractivity contribution >= 4 is 106 Å². The van der Waals surface area contributed by atoms with Gasteiger partial charge >= 0.3 is 5.97 Å². The highest BCUT2D eigenvalue weighted by atomic mass is 32.2. The first kappa shape index (κ1) is 80.4. The molecule has 94 heavy (non-hydrogen) atoms. The number of carbonyl (C=O) groups excluding carboxylic acids is 11. The smallest absolute Gasteiger partial charge is 0.326 e. The van der Waals surface area contributed by atoms with E-state index >= 15 is 0 Å². The zero-order chi connectivity index (χ0) is 70.5. The van der Waals surface area contributed by atoms with Crippen LogP contribution in [0.1, 0.15) is 118 Å². The molecule has 13 atom stereocenters. The van der Waals surface area contributed by atoms with Gasteiger partial charge in [-0.2, -0.15) is 24.4 Å². The van der Waals surface area contributed by atoms with Crippen LogP contribution in [-0.2, 0) is 70.4 Å². The molecule has 0 unspecified atom stereocenters. The SMILES string of the molecule is CC[C@H](C)[C@H](NC(=O)[C@H](Cc1c[nH]c2ccccc12)NC(=O)[C@H](CCSC)NC(=O)[C@H](CC(C)C)NC(=O)[C@H](CC(C)C)NC(=O)[C@@H](N)CO)C(=O)N[C@H](C(=O)N[C@@H](CCC(N)=O)C(=O)N[C@@H](CS)C(=O)N[C@@H](Cc1ccccc1)C(=O)N[C@@H](CC(C)C)C(=O)O)[C@@H](C)O. The lowest BCUT2D eigenvalue weighted by molar-refractivity contribution is -0.142. The average molecular weight is 1350 g/mol. The third-order valence-electron chi connectivity index (χ3n) is 15.4. The van der Waals surface area contributed by atoms with Gasteiger partial charge in [0, 0.05) is 42.1 Å². The van der Waals surface area contributed by atoms with Gasteiger partial charge in [-0.25, -0.2) is 4.79 Å². The Kier molecular flexibility index (Phi) is 34.6. The largest absolute Gasteiger partial charge is 0.480 e. The summed E-state index contributed by atoms with van der Waals surface area (Å²) in [6.45, 7) is 14.7. The van der Waals surface area contributed by atoms with Crippen molar-refractivity contribution in [3.8, 4) is 0 Å². The van der Waals surface area contributed by atoms with Gasteiger partial charge in [0.2, 0.25) is 65.0 Å². The molecule has 0 bridgehead atoms. The molecule has 1 heterocycles. The molecule has 28 nitrogen and oxygen atoms in total. The number of aromatic amines is 1. The van der Waals surface area contributed by atoms with E-state index in [9.17, 15) is 72.9 Å². The summed E-state index contributed by atoms with van der Waals surface area (Å²) in [5, 5.41) is 57.2. The predicted molar refractivity (Wildman–Crippen MR) is 359 cm³/mol. The van der Waals surface area contributed by atoms with Crippen molar-refractivity contribution < 1.29 is 72.9 Å². The minimum Gasteiger partial charge on any atom is -0.480 e. The minimum absolute atomic E-state index is 0.0524. The number of aromatic nitrogens is 1. The van der Waals surface area contributed by atoms with Crippen LogP contribution >= 0.6 is 24.4 Å². The van der Waals surface area contributed by atoms with Gasteiger partial charge in [-0.3, -0.25) is 52.7 Å². The van der Waals surface area contributed by atoms with Crippen LogP contribution in [0, 0.1) is 23.7 Å². The first-order chi connectivity index (χ1) is 44.3. The van der Waals surface area contributed by atoms with Crippen LogP contribution in [0.2, 0.25) is 0 Å². The predicted octanol–water partition coefficient (Wildman–Crippen LogP) is -0.281. The molecule has 0 aliphatic heterocycles. The lowest BCUT2D eigenvalue weighted by atomic mass is 9.96. The molecule has 3 aromatic rings. The zero-order valence-electron chi connectivity index (χ0n) is 55.2. The first-order valence-electron chi connectivity index (χ1n) is 31.6. The number of carboxylic acids is 1. The molecule has 0 radical (unpaired) electrons. The lowest BCUT2D eigenvalue weighted by Crippen LogP contribution is -2.63. The number of aliphatic carboxylic acids is 1. The number of aliphatic hydroxyl groups is 2. The fourth-order valence-corrected chi connectivity index (χ4v) is 10.7. The van der Waals surface area contributed by atoms with Crippen molar-refractivity contribution in [2.75, 3.05) is 24.4 Å². The molecule has 1 aromatic heterocycles. The Balaban J connectivity index is 1.96. The summed E-state index contributed by atoms with van der Waals surface area (Å²) in [6, 6.07) is 0.188. The molecule has 0 saturated heterocycles. The summed E-state index contributed by atoms with van der Waals surface area (Å²) in [6.07, 6.45) is 1.24. The second-order valence-corrected chi connectivity index (χ2v) is 26.2. The maximum absolute atomic E-state index is 14.9. The van der Waals surface area contributed by atoms with Crippen LogP contribution in [-0.4, -0.2) is 188 Å². The zero-order valence-corrected chi connectivity index (χ0v) is 57.0. The third-order valence-corrected chi connectivity index (χ3v) is 16.4. The number of hydrogen-bond donors (Lipinski definition) is 17. The van der Waals surface area contributed by atoms with Gasteiger partial charge in [-0.1, -0.05) is 110 Å². The van der Waals surface area contributed by atoms with E-state index in [1.165, 1.54) is 18.7 Å². The number of nitrogens with one attached hydrogen (secondary N) is 11. The average Bonchev–Trinajstić information content (AvgIpc) is 1.61. The summed E-state index contributed by atoms with van der Waals surface area (Å²) in [7, 11) is 0. The second-order valence-electron chi connectivity index (χ2n) is 24.8. The number of fused-ring (bicyclic) bond motifs is 1. The number of thioether (sulfide) groups is 1. The number of hydrogen-bond acceptors (Lipinski definition) is 17. The van der Waals surface area contributed by atoms with Crippen LogP contribution in [0.3, 0.4) is 0 Å². The van der Waals surface area contributed by atoms with E-state index in [-0.39, 0.29) is 68.5 Å². The Hall–Kier alpha value is -7.80. The van der Waals surface area contributed by atoms with Crippen LogP contribution in [0.4, 0.5) is 0 Å². The molecule has 0 spiro atoms. The minimum atomic E-state index is -1.84. The molecule has 0 aliphatic rings. The van der Waals surface area contributed by atoms with Crippen LogP contribution < -0.4 is 64.6 Å². The number of aliphatic hydroxyl groups excluding tert-OH is 2. The monoisotopic (exact) mass is 1350 g/mol. The van der Waals surface area contributed by atoms with Gasteiger partial charge in [0.1, 0.15) is 66.5 Å². The Morgan fingerprint density at radius 3 is 1.48 bits per heavy atom. The molecule has 18 N–H and O–H groups in total. The number of thiol groups is 1. The van der Waals surface area contributed by atoms with Crippen LogP contribution in [0.25, 0.3) is 10.9 Å². The van der Waals surface area contributed by atoms with Crippen LogP contribution in [0.5, 0.6) is 0 Å². The van der Waals surface area contributed by atoms with Crippen LogP contribution in [0.15, 0.2) is 60.8 Å².